The van der Waals surface area contributed by atoms with E-state index in [0.717, 1.165) is 0 Å². The third-order valence-electron chi connectivity index (χ3n) is 0.123. The Bertz CT molecular complexity index is 97.9. The molecule has 0 fully saturated rings. The van der Waals surface area contributed by atoms with E-state index in [4.69, 9.17) is 9.85 Å². The highest BCUT2D eigenvalue weighted by atomic mass is 32.1. The second kappa shape index (κ2) is 1.96. The van der Waals surface area contributed by atoms with Crippen LogP contribution in [0.2, 0.25) is 0 Å². The Balaban J connectivity index is 3.55. The Morgan fingerprint density at radius 1 is 2.40 bits per heavy atom. The Hall–Kier alpha value is -0.310. The van der Waals surface area contributed by atoms with Crippen LogP contribution < -0.4 is 11.1 Å². The standard InChI is InChI=1S/C2H6N2S/c1-4-2(3)5/h1H3,(H3,3,4,5)/i1D3. The van der Waals surface area contributed by atoms with E-state index in [9.17, 15) is 0 Å². The summed E-state index contributed by atoms with van der Waals surface area (Å²) < 4.78 is 19.6. The number of nitrogens with one attached hydrogen (secondary N) is 1. The van der Waals surface area contributed by atoms with Gasteiger partial charge in [0.25, 0.3) is 0 Å². The minimum Gasteiger partial charge on any atom is -0.376 e. The van der Waals surface area contributed by atoms with Gasteiger partial charge in [0.15, 0.2) is 5.11 Å². The van der Waals surface area contributed by atoms with Gasteiger partial charge in [0.05, 0.1) is 0 Å². The summed E-state index contributed by atoms with van der Waals surface area (Å²) in [5.41, 5.74) is 4.84. The molecule has 0 aliphatic rings. The molecular formula is C2H6N2S. The molecule has 0 amide bonds. The van der Waals surface area contributed by atoms with Crippen LogP contribution in [0.25, 0.3) is 0 Å². The highest BCUT2D eigenvalue weighted by Gasteiger charge is 1.66. The van der Waals surface area contributed by atoms with Crippen LogP contribution in [0.4, 0.5) is 0 Å². The number of rotatable bonds is 0. The molecule has 0 atom stereocenters. The third kappa shape index (κ3) is 3.69. The number of hydrogen-bond donors (Lipinski definition) is 2. The van der Waals surface area contributed by atoms with Gasteiger partial charge in [0.2, 0.25) is 0 Å². The first-order valence-electron chi connectivity index (χ1n) is 2.49. The first-order valence-corrected chi connectivity index (χ1v) is 1.40. The quantitative estimate of drug-likeness (QED) is 0.395. The predicted molar refractivity (Wildman–Crippen MR) is 25.8 cm³/mol. The van der Waals surface area contributed by atoms with Gasteiger partial charge in [-0.05, 0) is 12.2 Å². The van der Waals surface area contributed by atoms with Crippen molar-refractivity contribution < 1.29 is 4.11 Å². The lowest BCUT2D eigenvalue weighted by atomic mass is 11.1. The van der Waals surface area contributed by atoms with Gasteiger partial charge >= 0.3 is 0 Å². The zero-order valence-electron chi connectivity index (χ0n) is 5.49. The fraction of sp³-hybridized carbons (Fsp3) is 0.500. The zero-order chi connectivity index (χ0) is 6.78. The summed E-state index contributed by atoms with van der Waals surface area (Å²) in [7, 11) is 0. The van der Waals surface area contributed by atoms with Gasteiger partial charge in [-0.3, -0.25) is 0 Å². The molecule has 0 spiro atoms. The van der Waals surface area contributed by atoms with E-state index < -0.39 is 6.98 Å². The molecule has 0 rings (SSSR count). The van der Waals surface area contributed by atoms with Crippen LogP contribution in [-0.2, 0) is 0 Å². The van der Waals surface area contributed by atoms with E-state index in [-0.39, 0.29) is 5.11 Å². The van der Waals surface area contributed by atoms with Crippen LogP contribution in [0.3, 0.4) is 0 Å². The summed E-state index contributed by atoms with van der Waals surface area (Å²) in [5, 5.41) is 1.69. The van der Waals surface area contributed by atoms with Crippen molar-refractivity contribution in [1.82, 2.24) is 5.32 Å². The maximum atomic E-state index is 6.52. The van der Waals surface area contributed by atoms with Crippen molar-refractivity contribution in [3.63, 3.8) is 0 Å². The van der Waals surface area contributed by atoms with E-state index in [1.54, 1.807) is 0 Å². The van der Waals surface area contributed by atoms with Crippen molar-refractivity contribution in [2.75, 3.05) is 6.98 Å². The highest BCUT2D eigenvalue weighted by molar-refractivity contribution is 7.80. The van der Waals surface area contributed by atoms with Crippen LogP contribution >= 0.6 is 12.2 Å². The molecule has 0 bridgehead atoms. The van der Waals surface area contributed by atoms with Crippen LogP contribution in [0.1, 0.15) is 4.11 Å². The first-order chi connectivity index (χ1) is 3.42. The van der Waals surface area contributed by atoms with Gasteiger partial charge in [0.1, 0.15) is 0 Å². The topological polar surface area (TPSA) is 38.0 Å². The summed E-state index contributed by atoms with van der Waals surface area (Å²) in [6, 6.07) is 0. The highest BCUT2D eigenvalue weighted by Crippen LogP contribution is 1.43. The molecule has 0 saturated heterocycles. The SMILES string of the molecule is [2H]C([2H])([2H])NC(N)=S. The van der Waals surface area contributed by atoms with Crippen LogP contribution in [0.5, 0.6) is 0 Å². The molecule has 0 aromatic rings. The maximum absolute atomic E-state index is 6.52. The third-order valence-corrected chi connectivity index (χ3v) is 0.225. The van der Waals surface area contributed by atoms with Crippen molar-refractivity contribution >= 4 is 17.3 Å². The van der Waals surface area contributed by atoms with E-state index in [0.29, 0.717) is 0 Å². The lowest BCUT2D eigenvalue weighted by Crippen LogP contribution is -2.24. The molecular weight excluding hydrogens is 84.1 g/mol. The molecule has 2 nitrogen and oxygen atoms in total. The Morgan fingerprint density at radius 3 is 3.00 bits per heavy atom. The molecule has 30 valence electrons. The largest absolute Gasteiger partial charge is 0.376 e. The summed E-state index contributed by atoms with van der Waals surface area (Å²) in [6.07, 6.45) is 0. The lowest BCUT2D eigenvalue weighted by molar-refractivity contribution is 1.18. The smallest absolute Gasteiger partial charge is 0.163 e. The Labute approximate surface area is 40.6 Å². The summed E-state index contributed by atoms with van der Waals surface area (Å²) in [4.78, 5) is 0. The minimum absolute atomic E-state index is 0.204. The van der Waals surface area contributed by atoms with Crippen LogP contribution in [0, 0.1) is 0 Å². The van der Waals surface area contributed by atoms with Crippen molar-refractivity contribution in [3.05, 3.63) is 0 Å². The fourth-order valence-corrected chi connectivity index (χ4v) is 0. The summed E-state index contributed by atoms with van der Waals surface area (Å²) in [5.74, 6) is 0. The fourth-order valence-electron chi connectivity index (χ4n) is 0. The van der Waals surface area contributed by atoms with Gasteiger partial charge in [-0.15, -0.1) is 0 Å². The zero-order valence-corrected chi connectivity index (χ0v) is 3.30. The Morgan fingerprint density at radius 2 is 3.00 bits per heavy atom. The van der Waals surface area contributed by atoms with E-state index in [1.165, 1.54) is 0 Å². The van der Waals surface area contributed by atoms with E-state index >= 15 is 0 Å². The van der Waals surface area contributed by atoms with Crippen LogP contribution in [-0.4, -0.2) is 12.1 Å². The van der Waals surface area contributed by atoms with E-state index in [1.807, 2.05) is 5.32 Å². The number of hydrogen-bond acceptors (Lipinski definition) is 1. The molecule has 5 heavy (non-hydrogen) atoms. The number of thiocarbonyl (C=S) groups is 1. The van der Waals surface area contributed by atoms with Crippen molar-refractivity contribution in [1.29, 1.82) is 0 Å². The first kappa shape index (κ1) is 1.43. The molecule has 3 N–H and O–H groups in total. The predicted octanol–water partition coefficient (Wildman–Crippen LogP) is -0.551. The molecule has 0 radical (unpaired) electrons. The molecule has 0 aliphatic heterocycles. The van der Waals surface area contributed by atoms with Crippen LogP contribution in [0.15, 0.2) is 0 Å². The molecule has 3 heteroatoms. The molecule has 0 heterocycles. The van der Waals surface area contributed by atoms with Crippen molar-refractivity contribution in [3.8, 4) is 0 Å². The lowest BCUT2D eigenvalue weighted by Gasteiger charge is -1.85. The molecule has 0 aliphatic carbocycles. The van der Waals surface area contributed by atoms with E-state index in [2.05, 4.69) is 12.2 Å². The minimum atomic E-state index is -2.24. The van der Waals surface area contributed by atoms with Gasteiger partial charge in [-0.25, -0.2) is 0 Å². The second-order valence-electron chi connectivity index (χ2n) is 0.489. The molecule has 0 unspecified atom stereocenters. The maximum Gasteiger partial charge on any atom is 0.163 e. The van der Waals surface area contributed by atoms with Gasteiger partial charge in [-0.2, -0.15) is 0 Å². The molecule has 0 aromatic heterocycles. The number of nitrogens with two attached hydrogens (primary N) is 1. The molecule has 0 aromatic carbocycles. The average Bonchev–Trinajstić information content (AvgIpc) is 1.21. The summed E-state index contributed by atoms with van der Waals surface area (Å²) in [6.45, 7) is -2.24. The Kier molecular flexibility index (Phi) is 0.560. The normalized spacial score (nSPS) is 18.0. The molecule has 0 saturated carbocycles. The second-order valence-corrected chi connectivity index (χ2v) is 0.929. The van der Waals surface area contributed by atoms with Crippen molar-refractivity contribution in [2.45, 2.75) is 0 Å². The van der Waals surface area contributed by atoms with Gasteiger partial charge in [-0.1, -0.05) is 0 Å². The summed E-state index contributed by atoms with van der Waals surface area (Å²) >= 11 is 4.25. The monoisotopic (exact) mass is 93.0 g/mol. The van der Waals surface area contributed by atoms with Gasteiger partial charge in [0, 0.05) is 11.1 Å². The van der Waals surface area contributed by atoms with Gasteiger partial charge < -0.3 is 11.1 Å². The van der Waals surface area contributed by atoms with Crippen molar-refractivity contribution in [2.24, 2.45) is 5.73 Å². The average molecular weight is 93.2 g/mol.